The van der Waals surface area contributed by atoms with E-state index in [9.17, 15) is 4.79 Å². The highest BCUT2D eigenvalue weighted by Gasteiger charge is 2.30. The zero-order chi connectivity index (χ0) is 17.2. The molecule has 2 aliphatic rings. The van der Waals surface area contributed by atoms with Crippen LogP contribution in [0.4, 0.5) is 4.79 Å². The molecule has 3 heterocycles. The second-order valence-electron chi connectivity index (χ2n) is 7.26. The fraction of sp³-hybridized carbons (Fsp3) is 0.579. The van der Waals surface area contributed by atoms with E-state index in [-0.39, 0.29) is 12.1 Å². The highest BCUT2D eigenvalue weighted by atomic mass is 32.1. The second-order valence-corrected chi connectivity index (χ2v) is 8.24. The Bertz CT molecular complexity index is 718. The second kappa shape index (κ2) is 7.20. The number of carbonyl (C=O) groups is 1. The number of urea groups is 1. The van der Waals surface area contributed by atoms with Gasteiger partial charge in [-0.05, 0) is 43.2 Å². The summed E-state index contributed by atoms with van der Waals surface area (Å²) in [5.74, 6) is 0.564. The summed E-state index contributed by atoms with van der Waals surface area (Å²) in [6.45, 7) is 4.16. The van der Waals surface area contributed by atoms with Crippen LogP contribution in [0, 0.1) is 12.8 Å². The molecule has 4 rings (SSSR count). The van der Waals surface area contributed by atoms with Crippen LogP contribution >= 0.6 is 11.3 Å². The third-order valence-electron chi connectivity index (χ3n) is 5.46. The average Bonchev–Trinajstić information content (AvgIpc) is 3.28. The molecule has 0 bridgehead atoms. The molecular weight excluding hydrogens is 332 g/mol. The van der Waals surface area contributed by atoms with Crippen molar-refractivity contribution in [3.8, 4) is 0 Å². The number of rotatable bonds is 3. The quantitative estimate of drug-likeness (QED) is 0.898. The van der Waals surface area contributed by atoms with Gasteiger partial charge in [0.25, 0.3) is 0 Å². The largest absolute Gasteiger partial charge is 0.330 e. The number of carbonyl (C=O) groups excluding carboxylic acids is 1. The van der Waals surface area contributed by atoms with Gasteiger partial charge in [0.2, 0.25) is 0 Å². The first-order chi connectivity index (χ1) is 12.2. The molecule has 1 atom stereocenters. The summed E-state index contributed by atoms with van der Waals surface area (Å²) < 4.78 is 2.02. The molecule has 0 saturated heterocycles. The van der Waals surface area contributed by atoms with E-state index >= 15 is 0 Å². The van der Waals surface area contributed by atoms with E-state index in [1.165, 1.54) is 37.0 Å². The summed E-state index contributed by atoms with van der Waals surface area (Å²) in [4.78, 5) is 16.2. The number of thiophene rings is 1. The van der Waals surface area contributed by atoms with Gasteiger partial charge in [0, 0.05) is 11.4 Å². The first-order valence-corrected chi connectivity index (χ1v) is 10.2. The van der Waals surface area contributed by atoms with Gasteiger partial charge in [-0.1, -0.05) is 25.3 Å². The Labute approximate surface area is 153 Å². The van der Waals surface area contributed by atoms with Gasteiger partial charge in [-0.3, -0.25) is 4.68 Å². The Morgan fingerprint density at radius 3 is 2.92 bits per heavy atom. The van der Waals surface area contributed by atoms with Crippen molar-refractivity contribution in [2.75, 3.05) is 6.54 Å². The molecule has 1 aliphatic heterocycles. The minimum atomic E-state index is 0.0640. The lowest BCUT2D eigenvalue weighted by Gasteiger charge is -2.34. The number of hydrogen-bond acceptors (Lipinski definition) is 3. The minimum Gasteiger partial charge on any atom is -0.330 e. The molecule has 0 aromatic carbocycles. The van der Waals surface area contributed by atoms with Crippen molar-refractivity contribution >= 4 is 17.4 Å². The Morgan fingerprint density at radius 1 is 1.32 bits per heavy atom. The summed E-state index contributed by atoms with van der Waals surface area (Å²) in [5.41, 5.74) is 2.15. The van der Waals surface area contributed by atoms with Crippen molar-refractivity contribution in [2.45, 2.75) is 58.2 Å². The monoisotopic (exact) mass is 358 g/mol. The van der Waals surface area contributed by atoms with Crippen molar-refractivity contribution in [2.24, 2.45) is 5.92 Å². The van der Waals surface area contributed by atoms with Crippen molar-refractivity contribution < 1.29 is 4.79 Å². The molecule has 134 valence electrons. The highest BCUT2D eigenvalue weighted by Crippen LogP contribution is 2.36. The van der Waals surface area contributed by atoms with Crippen LogP contribution in [0.1, 0.15) is 54.4 Å². The van der Waals surface area contributed by atoms with Gasteiger partial charge in [0.05, 0.1) is 30.5 Å². The Kier molecular flexibility index (Phi) is 4.79. The van der Waals surface area contributed by atoms with Crippen molar-refractivity contribution in [3.63, 3.8) is 0 Å². The molecule has 6 heteroatoms. The van der Waals surface area contributed by atoms with Gasteiger partial charge in [0.15, 0.2) is 0 Å². The first-order valence-electron chi connectivity index (χ1n) is 9.33. The van der Waals surface area contributed by atoms with E-state index in [4.69, 9.17) is 0 Å². The molecule has 1 aliphatic carbocycles. The van der Waals surface area contributed by atoms with Gasteiger partial charge >= 0.3 is 6.03 Å². The molecule has 0 spiro atoms. The van der Waals surface area contributed by atoms with Crippen molar-refractivity contribution in [3.05, 3.63) is 39.8 Å². The van der Waals surface area contributed by atoms with Crippen LogP contribution in [0.5, 0.6) is 0 Å². The molecule has 2 aromatic rings. The van der Waals surface area contributed by atoms with Crippen LogP contribution < -0.4 is 5.32 Å². The van der Waals surface area contributed by atoms with Gasteiger partial charge in [0.1, 0.15) is 0 Å². The smallest absolute Gasteiger partial charge is 0.318 e. The summed E-state index contributed by atoms with van der Waals surface area (Å²) in [5, 5.41) is 9.95. The van der Waals surface area contributed by atoms with E-state index in [1.807, 2.05) is 16.5 Å². The maximum absolute atomic E-state index is 13.0. The minimum absolute atomic E-state index is 0.0640. The van der Waals surface area contributed by atoms with E-state index in [2.05, 4.69) is 34.0 Å². The van der Waals surface area contributed by atoms with E-state index in [0.29, 0.717) is 12.5 Å². The molecule has 25 heavy (non-hydrogen) atoms. The van der Waals surface area contributed by atoms with Crippen molar-refractivity contribution in [1.29, 1.82) is 0 Å². The molecule has 2 aromatic heterocycles. The summed E-state index contributed by atoms with van der Waals surface area (Å²) in [6.07, 6.45) is 6.33. The Morgan fingerprint density at radius 2 is 2.16 bits per heavy atom. The fourth-order valence-electron chi connectivity index (χ4n) is 4.16. The SMILES string of the molecule is Cc1cc2n(n1)CCN(C(=O)NC(c1cccs1)C1CCCCC1)C2. The predicted molar refractivity (Wildman–Crippen MR) is 99.5 cm³/mol. The number of nitrogens with one attached hydrogen (secondary N) is 1. The Balaban J connectivity index is 1.47. The molecule has 1 unspecified atom stereocenters. The number of fused-ring (bicyclic) bond motifs is 1. The van der Waals surface area contributed by atoms with E-state index < -0.39 is 0 Å². The van der Waals surface area contributed by atoms with Crippen LogP contribution in [-0.2, 0) is 13.1 Å². The maximum Gasteiger partial charge on any atom is 0.318 e. The molecule has 1 saturated carbocycles. The lowest BCUT2D eigenvalue weighted by molar-refractivity contribution is 0.168. The number of amides is 2. The van der Waals surface area contributed by atoms with E-state index in [1.54, 1.807) is 11.3 Å². The number of hydrogen-bond donors (Lipinski definition) is 1. The molecule has 2 amide bonds. The van der Waals surface area contributed by atoms with Gasteiger partial charge in [-0.2, -0.15) is 5.10 Å². The Hall–Kier alpha value is -1.82. The van der Waals surface area contributed by atoms with Gasteiger partial charge in [-0.25, -0.2) is 4.79 Å². The van der Waals surface area contributed by atoms with Gasteiger partial charge < -0.3 is 10.2 Å². The van der Waals surface area contributed by atoms with Crippen LogP contribution in [0.15, 0.2) is 23.6 Å². The normalized spacial score (nSPS) is 19.5. The predicted octanol–water partition coefficient (Wildman–Crippen LogP) is 4.10. The first kappa shape index (κ1) is 16.6. The van der Waals surface area contributed by atoms with Gasteiger partial charge in [-0.15, -0.1) is 11.3 Å². The number of nitrogens with zero attached hydrogens (tertiary/aromatic N) is 3. The van der Waals surface area contributed by atoms with Crippen LogP contribution in [-0.4, -0.2) is 27.3 Å². The number of aromatic nitrogens is 2. The standard InChI is InChI=1S/C19H26N4OS/c1-14-12-16-13-22(9-10-23(16)21-14)19(24)20-18(17-8-5-11-25-17)15-6-3-2-4-7-15/h5,8,11-12,15,18H,2-4,6-7,9-10,13H2,1H3,(H,20,24). The summed E-state index contributed by atoms with van der Waals surface area (Å²) in [6, 6.07) is 6.55. The lowest BCUT2D eigenvalue weighted by Crippen LogP contribution is -2.46. The highest BCUT2D eigenvalue weighted by molar-refractivity contribution is 7.10. The lowest BCUT2D eigenvalue weighted by atomic mass is 9.83. The third-order valence-corrected chi connectivity index (χ3v) is 6.41. The molecule has 1 N–H and O–H groups in total. The third kappa shape index (κ3) is 3.59. The van der Waals surface area contributed by atoms with E-state index in [0.717, 1.165) is 24.5 Å². The maximum atomic E-state index is 13.0. The van der Waals surface area contributed by atoms with Crippen LogP contribution in [0.25, 0.3) is 0 Å². The molecule has 1 fully saturated rings. The zero-order valence-corrected chi connectivity index (χ0v) is 15.6. The molecule has 5 nitrogen and oxygen atoms in total. The summed E-state index contributed by atoms with van der Waals surface area (Å²) in [7, 11) is 0. The molecular formula is C19H26N4OS. The van der Waals surface area contributed by atoms with Crippen molar-refractivity contribution in [1.82, 2.24) is 20.0 Å². The average molecular weight is 359 g/mol. The van der Waals surface area contributed by atoms with Crippen LogP contribution in [0.2, 0.25) is 0 Å². The fourth-order valence-corrected chi connectivity index (χ4v) is 5.03. The van der Waals surface area contributed by atoms with Crippen LogP contribution in [0.3, 0.4) is 0 Å². The molecule has 0 radical (unpaired) electrons. The number of aryl methyl sites for hydroxylation is 1. The summed E-state index contributed by atoms with van der Waals surface area (Å²) >= 11 is 1.76. The zero-order valence-electron chi connectivity index (χ0n) is 14.8. The topological polar surface area (TPSA) is 50.2 Å².